The Bertz CT molecular complexity index is 931. The van der Waals surface area contributed by atoms with Crippen molar-refractivity contribution in [2.75, 3.05) is 13.2 Å². The van der Waals surface area contributed by atoms with Crippen LogP contribution in [-0.2, 0) is 11.3 Å². The van der Waals surface area contributed by atoms with Crippen LogP contribution < -0.4 is 5.56 Å². The third kappa shape index (κ3) is 2.54. The second-order valence-corrected chi connectivity index (χ2v) is 6.35. The van der Waals surface area contributed by atoms with Crippen molar-refractivity contribution in [2.45, 2.75) is 39.2 Å². The maximum absolute atomic E-state index is 12.9. The predicted molar refractivity (Wildman–Crippen MR) is 87.3 cm³/mol. The fourth-order valence-electron chi connectivity index (χ4n) is 3.33. The minimum Gasteiger partial charge on any atom is -0.381 e. The van der Waals surface area contributed by atoms with Gasteiger partial charge in [-0.05, 0) is 26.7 Å². The first-order chi connectivity index (χ1) is 11.6. The molecule has 1 saturated heterocycles. The average molecular weight is 328 g/mol. The molecule has 0 N–H and O–H groups in total. The number of aromatic nitrogens is 4. The Balaban J connectivity index is 1.76. The van der Waals surface area contributed by atoms with E-state index in [0.717, 1.165) is 49.0 Å². The molecule has 3 aromatic rings. The molecule has 7 nitrogen and oxygen atoms in total. The van der Waals surface area contributed by atoms with Gasteiger partial charge in [0.1, 0.15) is 22.8 Å². The number of imidazole rings is 1. The van der Waals surface area contributed by atoms with Crippen molar-refractivity contribution in [3.8, 4) is 0 Å². The number of aryl methyl sites for hydroxylation is 2. The summed E-state index contributed by atoms with van der Waals surface area (Å²) < 4.78 is 14.2. The molecule has 7 heteroatoms. The quantitative estimate of drug-likeness (QED) is 0.735. The summed E-state index contributed by atoms with van der Waals surface area (Å²) in [6.45, 7) is 5.67. The summed E-state index contributed by atoms with van der Waals surface area (Å²) in [5.41, 5.74) is 2.16. The molecule has 1 aliphatic heterocycles. The van der Waals surface area contributed by atoms with E-state index in [-0.39, 0.29) is 5.56 Å². The summed E-state index contributed by atoms with van der Waals surface area (Å²) in [7, 11) is 0. The van der Waals surface area contributed by atoms with Gasteiger partial charge in [0.25, 0.3) is 5.56 Å². The summed E-state index contributed by atoms with van der Waals surface area (Å²) in [6.07, 6.45) is 5.55. The van der Waals surface area contributed by atoms with Crippen LogP contribution in [0.15, 0.2) is 27.8 Å². The van der Waals surface area contributed by atoms with Crippen LogP contribution in [0.3, 0.4) is 0 Å². The summed E-state index contributed by atoms with van der Waals surface area (Å²) in [5.74, 6) is 2.04. The Kier molecular flexibility index (Phi) is 3.72. The van der Waals surface area contributed by atoms with Crippen molar-refractivity contribution in [3.05, 3.63) is 51.8 Å². The molecule has 1 fully saturated rings. The van der Waals surface area contributed by atoms with Gasteiger partial charge in [-0.15, -0.1) is 0 Å². The highest BCUT2D eigenvalue weighted by Crippen LogP contribution is 2.26. The van der Waals surface area contributed by atoms with Crippen molar-refractivity contribution in [2.24, 2.45) is 0 Å². The zero-order valence-electron chi connectivity index (χ0n) is 13.9. The molecule has 0 bridgehead atoms. The molecule has 4 rings (SSSR count). The fourth-order valence-corrected chi connectivity index (χ4v) is 3.33. The van der Waals surface area contributed by atoms with Gasteiger partial charge in [-0.1, -0.05) is 5.16 Å². The zero-order valence-corrected chi connectivity index (χ0v) is 13.9. The molecule has 24 heavy (non-hydrogen) atoms. The van der Waals surface area contributed by atoms with E-state index in [1.807, 2.05) is 30.5 Å². The van der Waals surface area contributed by atoms with Gasteiger partial charge in [0.05, 0.1) is 12.7 Å². The minimum atomic E-state index is -0.0542. The van der Waals surface area contributed by atoms with Gasteiger partial charge in [-0.2, -0.15) is 0 Å². The maximum Gasteiger partial charge on any atom is 0.277 e. The van der Waals surface area contributed by atoms with Crippen molar-refractivity contribution in [3.63, 3.8) is 0 Å². The first kappa shape index (κ1) is 15.1. The van der Waals surface area contributed by atoms with Crippen LogP contribution in [0.5, 0.6) is 0 Å². The highest BCUT2D eigenvalue weighted by atomic mass is 16.5. The van der Waals surface area contributed by atoms with E-state index in [1.54, 1.807) is 10.8 Å². The Labute approximate surface area is 138 Å². The van der Waals surface area contributed by atoms with E-state index in [2.05, 4.69) is 10.1 Å². The first-order valence-corrected chi connectivity index (χ1v) is 8.21. The van der Waals surface area contributed by atoms with E-state index in [4.69, 9.17) is 9.26 Å². The van der Waals surface area contributed by atoms with Gasteiger partial charge in [0.2, 0.25) is 0 Å². The van der Waals surface area contributed by atoms with Crippen molar-refractivity contribution in [1.29, 1.82) is 0 Å². The summed E-state index contributed by atoms with van der Waals surface area (Å²) >= 11 is 0. The van der Waals surface area contributed by atoms with Crippen LogP contribution >= 0.6 is 0 Å². The molecular weight excluding hydrogens is 308 g/mol. The summed E-state index contributed by atoms with van der Waals surface area (Å²) in [4.78, 5) is 17.4. The van der Waals surface area contributed by atoms with Crippen molar-refractivity contribution < 1.29 is 9.26 Å². The second kappa shape index (κ2) is 5.90. The largest absolute Gasteiger partial charge is 0.381 e. The molecule has 1 aliphatic rings. The van der Waals surface area contributed by atoms with Gasteiger partial charge in [-0.3, -0.25) is 9.20 Å². The average Bonchev–Trinajstić information content (AvgIpc) is 3.18. The van der Waals surface area contributed by atoms with Crippen LogP contribution in [0, 0.1) is 13.8 Å². The molecule has 0 unspecified atom stereocenters. The normalized spacial score (nSPS) is 16.1. The van der Waals surface area contributed by atoms with Crippen LogP contribution in [0.4, 0.5) is 0 Å². The SMILES string of the molecule is Cc1cc(Cn2c(C)cn3c(C4CCOCC4)ncc3c2=O)no1. The Morgan fingerprint density at radius 2 is 2.08 bits per heavy atom. The number of fused-ring (bicyclic) bond motifs is 1. The molecule has 4 heterocycles. The summed E-state index contributed by atoms with van der Waals surface area (Å²) in [5, 5.41) is 3.98. The molecule has 0 atom stereocenters. The predicted octanol–water partition coefficient (Wildman–Crippen LogP) is 2.04. The second-order valence-electron chi connectivity index (χ2n) is 6.35. The molecular formula is C17H20N4O3. The highest BCUT2D eigenvalue weighted by molar-refractivity contribution is 5.45. The Hall–Kier alpha value is -2.41. The molecule has 0 amide bonds. The maximum atomic E-state index is 12.9. The Morgan fingerprint density at radius 1 is 1.29 bits per heavy atom. The third-order valence-corrected chi connectivity index (χ3v) is 4.61. The van der Waals surface area contributed by atoms with Crippen LogP contribution in [0.25, 0.3) is 5.52 Å². The third-order valence-electron chi connectivity index (χ3n) is 4.61. The monoisotopic (exact) mass is 328 g/mol. The van der Waals surface area contributed by atoms with E-state index in [9.17, 15) is 4.79 Å². The molecule has 0 radical (unpaired) electrons. The molecule has 0 aliphatic carbocycles. The Morgan fingerprint density at radius 3 is 2.79 bits per heavy atom. The highest BCUT2D eigenvalue weighted by Gasteiger charge is 2.22. The fraction of sp³-hybridized carbons (Fsp3) is 0.471. The molecule has 3 aromatic heterocycles. The number of ether oxygens (including phenoxy) is 1. The van der Waals surface area contributed by atoms with E-state index in [1.165, 1.54) is 0 Å². The van der Waals surface area contributed by atoms with E-state index >= 15 is 0 Å². The molecule has 0 saturated carbocycles. The van der Waals surface area contributed by atoms with E-state index in [0.29, 0.717) is 18.0 Å². The van der Waals surface area contributed by atoms with Crippen LogP contribution in [0.2, 0.25) is 0 Å². The first-order valence-electron chi connectivity index (χ1n) is 8.21. The molecule has 126 valence electrons. The standard InChI is InChI=1S/C17H20N4O3/c1-11-9-21-15(8-18-16(21)13-3-5-23-6-4-13)17(22)20(11)10-14-7-12(2)24-19-14/h7-9,13H,3-6,10H2,1-2H3. The lowest BCUT2D eigenvalue weighted by Crippen LogP contribution is -2.25. The summed E-state index contributed by atoms with van der Waals surface area (Å²) in [6, 6.07) is 1.85. The van der Waals surface area contributed by atoms with Gasteiger partial charge >= 0.3 is 0 Å². The lowest BCUT2D eigenvalue weighted by Gasteiger charge is -2.21. The number of nitrogens with zero attached hydrogens (tertiary/aromatic N) is 4. The zero-order chi connectivity index (χ0) is 16.7. The number of hydrogen-bond donors (Lipinski definition) is 0. The van der Waals surface area contributed by atoms with Crippen LogP contribution in [-0.4, -0.2) is 32.3 Å². The van der Waals surface area contributed by atoms with Gasteiger partial charge < -0.3 is 13.8 Å². The molecule has 0 aromatic carbocycles. The van der Waals surface area contributed by atoms with Gasteiger partial charge in [0, 0.05) is 37.1 Å². The van der Waals surface area contributed by atoms with Crippen molar-refractivity contribution in [1.82, 2.24) is 19.1 Å². The smallest absolute Gasteiger partial charge is 0.277 e. The lowest BCUT2D eigenvalue weighted by molar-refractivity contribution is 0.0835. The number of rotatable bonds is 3. The molecule has 0 spiro atoms. The number of hydrogen-bond acceptors (Lipinski definition) is 5. The van der Waals surface area contributed by atoms with Crippen LogP contribution in [0.1, 0.15) is 41.7 Å². The van der Waals surface area contributed by atoms with E-state index < -0.39 is 0 Å². The van der Waals surface area contributed by atoms with Gasteiger partial charge in [0.15, 0.2) is 0 Å². The minimum absolute atomic E-state index is 0.0542. The van der Waals surface area contributed by atoms with Crippen molar-refractivity contribution >= 4 is 5.52 Å². The lowest BCUT2D eigenvalue weighted by atomic mass is 10.00. The topological polar surface area (TPSA) is 74.6 Å². The van der Waals surface area contributed by atoms with Gasteiger partial charge in [-0.25, -0.2) is 4.98 Å².